The molecule has 0 heterocycles. The van der Waals surface area contributed by atoms with Crippen molar-refractivity contribution in [1.82, 2.24) is 5.32 Å². The summed E-state index contributed by atoms with van der Waals surface area (Å²) in [4.78, 5) is 11.9. The van der Waals surface area contributed by atoms with Crippen molar-refractivity contribution >= 4 is 33.2 Å². The van der Waals surface area contributed by atoms with Gasteiger partial charge in [-0.1, -0.05) is 32.4 Å². The molecule has 0 aliphatic carbocycles. The second-order valence-electron chi connectivity index (χ2n) is 7.55. The molecule has 158 valence electrons. The van der Waals surface area contributed by atoms with Crippen molar-refractivity contribution in [1.29, 1.82) is 0 Å². The molecule has 0 unspecified atom stereocenters. The van der Waals surface area contributed by atoms with Crippen LogP contribution in [0.2, 0.25) is 5.02 Å². The van der Waals surface area contributed by atoms with Crippen LogP contribution in [0.15, 0.2) is 47.4 Å². The maximum atomic E-state index is 12.5. The fourth-order valence-corrected chi connectivity index (χ4v) is 3.53. The van der Waals surface area contributed by atoms with Crippen molar-refractivity contribution in [2.24, 2.45) is 5.41 Å². The van der Waals surface area contributed by atoms with E-state index in [0.29, 0.717) is 28.8 Å². The number of halogens is 1. The molecule has 0 fully saturated rings. The Kier molecular flexibility index (Phi) is 7.37. The molecule has 0 aromatic heterocycles. The number of sulfonamides is 1. The number of ether oxygens (including phenoxy) is 2. The van der Waals surface area contributed by atoms with Crippen LogP contribution in [0.3, 0.4) is 0 Å². The lowest BCUT2D eigenvalue weighted by atomic mass is 9.97. The Bertz CT molecular complexity index is 954. The normalized spacial score (nSPS) is 11.6. The van der Waals surface area contributed by atoms with E-state index >= 15 is 0 Å². The highest BCUT2D eigenvalue weighted by molar-refractivity contribution is 7.92. The first-order valence-electron chi connectivity index (χ1n) is 8.86. The van der Waals surface area contributed by atoms with Crippen molar-refractivity contribution in [3.63, 3.8) is 0 Å². The van der Waals surface area contributed by atoms with E-state index in [0.717, 1.165) is 0 Å². The van der Waals surface area contributed by atoms with Crippen LogP contribution in [0.25, 0.3) is 0 Å². The van der Waals surface area contributed by atoms with Gasteiger partial charge in [0.2, 0.25) is 0 Å². The van der Waals surface area contributed by atoms with Crippen molar-refractivity contribution in [2.75, 3.05) is 25.0 Å². The fourth-order valence-electron chi connectivity index (χ4n) is 2.22. The van der Waals surface area contributed by atoms with E-state index in [4.69, 9.17) is 21.1 Å². The molecule has 2 aromatic carbocycles. The molecular weight excluding hydrogens is 416 g/mol. The summed E-state index contributed by atoms with van der Waals surface area (Å²) in [5, 5.41) is 3.07. The average Bonchev–Trinajstić information content (AvgIpc) is 2.64. The van der Waals surface area contributed by atoms with E-state index in [2.05, 4.69) is 10.0 Å². The number of anilines is 1. The van der Waals surface area contributed by atoms with Crippen molar-refractivity contribution in [3.8, 4) is 11.5 Å². The lowest BCUT2D eigenvalue weighted by molar-refractivity contribution is -0.123. The molecule has 2 N–H and O–H groups in total. The van der Waals surface area contributed by atoms with Crippen LogP contribution in [0.4, 0.5) is 5.69 Å². The minimum atomic E-state index is -3.81. The molecule has 0 saturated carbocycles. The molecular formula is C20H25ClN2O5S. The van der Waals surface area contributed by atoms with E-state index in [1.807, 2.05) is 20.8 Å². The highest BCUT2D eigenvalue weighted by atomic mass is 35.5. The predicted octanol–water partition coefficient (Wildman–Crippen LogP) is 3.69. The van der Waals surface area contributed by atoms with Gasteiger partial charge in [-0.05, 0) is 47.9 Å². The van der Waals surface area contributed by atoms with Gasteiger partial charge in [-0.25, -0.2) is 8.42 Å². The zero-order valence-corrected chi connectivity index (χ0v) is 18.4. The second-order valence-corrected chi connectivity index (χ2v) is 9.64. The van der Waals surface area contributed by atoms with Crippen molar-refractivity contribution in [3.05, 3.63) is 47.5 Å². The Morgan fingerprint density at radius 3 is 2.31 bits per heavy atom. The van der Waals surface area contributed by atoms with Crippen LogP contribution < -0.4 is 19.5 Å². The summed E-state index contributed by atoms with van der Waals surface area (Å²) in [6, 6.07) is 10.4. The summed E-state index contributed by atoms with van der Waals surface area (Å²) in [7, 11) is -2.33. The number of methoxy groups -OCH3 is 1. The minimum absolute atomic E-state index is 0.0211. The molecule has 0 aliphatic rings. The minimum Gasteiger partial charge on any atom is -0.495 e. The molecule has 0 radical (unpaired) electrons. The third-order valence-corrected chi connectivity index (χ3v) is 5.42. The Morgan fingerprint density at radius 1 is 1.10 bits per heavy atom. The van der Waals surface area contributed by atoms with Gasteiger partial charge in [-0.2, -0.15) is 0 Å². The van der Waals surface area contributed by atoms with Crippen LogP contribution in [0.5, 0.6) is 11.5 Å². The molecule has 2 aromatic rings. The maximum Gasteiger partial charge on any atom is 0.261 e. The molecule has 1 amide bonds. The number of benzene rings is 2. The SMILES string of the molecule is COc1ccc(NS(=O)(=O)c2ccc(OCC(=O)NCC(C)(C)C)cc2)cc1Cl. The first kappa shape index (κ1) is 22.8. The molecule has 7 nitrogen and oxygen atoms in total. The lowest BCUT2D eigenvalue weighted by Gasteiger charge is -2.18. The number of rotatable bonds is 8. The number of hydrogen-bond donors (Lipinski definition) is 2. The largest absolute Gasteiger partial charge is 0.495 e. The van der Waals surface area contributed by atoms with E-state index in [9.17, 15) is 13.2 Å². The molecule has 0 saturated heterocycles. The zero-order chi connectivity index (χ0) is 21.7. The number of nitrogens with one attached hydrogen (secondary N) is 2. The smallest absolute Gasteiger partial charge is 0.261 e. The average molecular weight is 441 g/mol. The van der Waals surface area contributed by atoms with Gasteiger partial charge in [0.25, 0.3) is 15.9 Å². The van der Waals surface area contributed by atoms with Gasteiger partial charge in [0.05, 0.1) is 22.7 Å². The Labute approximate surface area is 176 Å². The van der Waals surface area contributed by atoms with Crippen LogP contribution in [0.1, 0.15) is 20.8 Å². The number of amides is 1. The van der Waals surface area contributed by atoms with E-state index in [1.54, 1.807) is 12.1 Å². The molecule has 0 spiro atoms. The lowest BCUT2D eigenvalue weighted by Crippen LogP contribution is -2.35. The fraction of sp³-hybridized carbons (Fsp3) is 0.350. The number of carbonyl (C=O) groups is 1. The van der Waals surface area contributed by atoms with Crippen LogP contribution in [-0.2, 0) is 14.8 Å². The van der Waals surface area contributed by atoms with Gasteiger partial charge in [0.1, 0.15) is 11.5 Å². The Hall–Kier alpha value is -2.45. The Balaban J connectivity index is 1.98. The molecule has 0 bridgehead atoms. The Morgan fingerprint density at radius 2 is 1.76 bits per heavy atom. The van der Waals surface area contributed by atoms with Crippen LogP contribution in [0, 0.1) is 5.41 Å². The van der Waals surface area contributed by atoms with Gasteiger partial charge in [0.15, 0.2) is 6.61 Å². The highest BCUT2D eigenvalue weighted by Crippen LogP contribution is 2.28. The van der Waals surface area contributed by atoms with E-state index < -0.39 is 10.0 Å². The van der Waals surface area contributed by atoms with Gasteiger partial charge < -0.3 is 14.8 Å². The quantitative estimate of drug-likeness (QED) is 0.652. The summed E-state index contributed by atoms with van der Waals surface area (Å²) in [5.41, 5.74) is 0.291. The maximum absolute atomic E-state index is 12.5. The third kappa shape index (κ3) is 7.14. The predicted molar refractivity (Wildman–Crippen MR) is 113 cm³/mol. The van der Waals surface area contributed by atoms with Crippen molar-refractivity contribution < 1.29 is 22.7 Å². The highest BCUT2D eigenvalue weighted by Gasteiger charge is 2.16. The molecule has 9 heteroatoms. The molecule has 0 atom stereocenters. The van der Waals surface area contributed by atoms with Crippen molar-refractivity contribution in [2.45, 2.75) is 25.7 Å². The van der Waals surface area contributed by atoms with Gasteiger partial charge in [-0.3, -0.25) is 9.52 Å². The summed E-state index contributed by atoms with van der Waals surface area (Å²) < 4.78 is 38.0. The zero-order valence-electron chi connectivity index (χ0n) is 16.8. The summed E-state index contributed by atoms with van der Waals surface area (Å²) in [6.45, 7) is 6.43. The topological polar surface area (TPSA) is 93.7 Å². The molecule has 2 rings (SSSR count). The van der Waals surface area contributed by atoms with Gasteiger partial charge >= 0.3 is 0 Å². The third-order valence-electron chi connectivity index (χ3n) is 3.72. The van der Waals surface area contributed by atoms with E-state index in [-0.39, 0.29) is 22.8 Å². The summed E-state index contributed by atoms with van der Waals surface area (Å²) in [6.07, 6.45) is 0. The van der Waals surface area contributed by atoms with Gasteiger partial charge in [0, 0.05) is 6.54 Å². The molecule has 29 heavy (non-hydrogen) atoms. The van der Waals surface area contributed by atoms with Crippen LogP contribution in [-0.4, -0.2) is 34.6 Å². The summed E-state index contributed by atoms with van der Waals surface area (Å²) in [5.74, 6) is 0.597. The number of hydrogen-bond acceptors (Lipinski definition) is 5. The first-order valence-corrected chi connectivity index (χ1v) is 10.7. The van der Waals surface area contributed by atoms with Crippen LogP contribution >= 0.6 is 11.6 Å². The monoisotopic (exact) mass is 440 g/mol. The second kappa shape index (κ2) is 9.37. The first-order chi connectivity index (χ1) is 13.5. The van der Waals surface area contributed by atoms with E-state index in [1.165, 1.54) is 37.4 Å². The molecule has 0 aliphatic heterocycles. The summed E-state index contributed by atoms with van der Waals surface area (Å²) >= 11 is 6.02. The number of carbonyl (C=O) groups excluding carboxylic acids is 1. The van der Waals surface area contributed by atoms with Gasteiger partial charge in [-0.15, -0.1) is 0 Å². The standard InChI is InChI=1S/C20H25ClN2O5S/c1-20(2,3)13-22-19(24)12-28-15-6-8-16(9-7-15)29(25,26)23-14-5-10-18(27-4)17(21)11-14/h5-11,23H,12-13H2,1-4H3,(H,22,24).